The van der Waals surface area contributed by atoms with Gasteiger partial charge in [-0.05, 0) is 59.3 Å². The third-order valence-electron chi connectivity index (χ3n) is 6.52. The lowest BCUT2D eigenvalue weighted by Gasteiger charge is -2.09. The number of imidazole rings is 2. The maximum Gasteiger partial charge on any atom is 0.116 e. The van der Waals surface area contributed by atoms with Gasteiger partial charge in [0.2, 0.25) is 0 Å². The number of nitrogens with zero attached hydrogens (tertiary/aromatic N) is 4. The van der Waals surface area contributed by atoms with Crippen molar-refractivity contribution in [1.29, 1.82) is 0 Å². The molecule has 0 aliphatic carbocycles. The fourth-order valence-electron chi connectivity index (χ4n) is 4.90. The van der Waals surface area contributed by atoms with Gasteiger partial charge in [-0.1, -0.05) is 36.4 Å². The molecule has 0 saturated heterocycles. The minimum atomic E-state index is 0.880. The Balaban J connectivity index is 1.40. The SMILES string of the molecule is Cc1ncc(-c2ccc3cc(-c4ccc5c(c4)c4cncnc4c4[nH]c(C)nc54)ccc3c2)[nH]1. The zero-order valence-corrected chi connectivity index (χ0v) is 18.7. The average Bonchev–Trinajstić information content (AvgIpc) is 3.49. The van der Waals surface area contributed by atoms with Crippen LogP contribution in [-0.4, -0.2) is 29.9 Å². The first kappa shape index (κ1) is 18.9. The molecule has 2 N–H and O–H groups in total. The van der Waals surface area contributed by atoms with Gasteiger partial charge in [0, 0.05) is 22.5 Å². The first-order chi connectivity index (χ1) is 16.6. The number of aromatic nitrogens is 6. The van der Waals surface area contributed by atoms with E-state index in [1.165, 1.54) is 16.3 Å². The summed E-state index contributed by atoms with van der Waals surface area (Å²) in [7, 11) is 0. The van der Waals surface area contributed by atoms with E-state index < -0.39 is 0 Å². The van der Waals surface area contributed by atoms with Crippen LogP contribution in [0.2, 0.25) is 0 Å². The monoisotopic (exact) mass is 440 g/mol. The molecular weight excluding hydrogens is 420 g/mol. The van der Waals surface area contributed by atoms with Crippen LogP contribution in [0.4, 0.5) is 0 Å². The topological polar surface area (TPSA) is 83.1 Å². The van der Waals surface area contributed by atoms with Gasteiger partial charge in [-0.15, -0.1) is 0 Å². The summed E-state index contributed by atoms with van der Waals surface area (Å²) in [6, 6.07) is 19.7. The van der Waals surface area contributed by atoms with Crippen LogP contribution in [0.15, 0.2) is 73.3 Å². The van der Waals surface area contributed by atoms with Crippen LogP contribution in [0, 0.1) is 13.8 Å². The second-order valence-corrected chi connectivity index (χ2v) is 8.75. The van der Waals surface area contributed by atoms with Crippen molar-refractivity contribution < 1.29 is 0 Å². The quantitative estimate of drug-likeness (QED) is 0.301. The fraction of sp³-hybridized carbons (Fsp3) is 0.0714. The molecule has 0 amide bonds. The minimum Gasteiger partial charge on any atom is -0.342 e. The number of aryl methyl sites for hydroxylation is 2. The highest BCUT2D eigenvalue weighted by Gasteiger charge is 2.14. The van der Waals surface area contributed by atoms with Gasteiger partial charge < -0.3 is 9.97 Å². The number of benzene rings is 4. The molecule has 0 atom stereocenters. The molecule has 34 heavy (non-hydrogen) atoms. The highest BCUT2D eigenvalue weighted by atomic mass is 14.9. The summed E-state index contributed by atoms with van der Waals surface area (Å²) in [4.78, 5) is 24.6. The number of H-pyrrole nitrogens is 2. The van der Waals surface area contributed by atoms with Gasteiger partial charge >= 0.3 is 0 Å². The molecule has 0 fully saturated rings. The van der Waals surface area contributed by atoms with E-state index >= 15 is 0 Å². The van der Waals surface area contributed by atoms with Crippen LogP contribution in [-0.2, 0) is 0 Å². The molecule has 7 aromatic rings. The zero-order chi connectivity index (χ0) is 22.8. The Labute approximate surface area is 194 Å². The molecule has 0 aliphatic heterocycles. The summed E-state index contributed by atoms with van der Waals surface area (Å²) < 4.78 is 0. The van der Waals surface area contributed by atoms with Crippen molar-refractivity contribution in [3.63, 3.8) is 0 Å². The van der Waals surface area contributed by atoms with E-state index in [-0.39, 0.29) is 0 Å². The summed E-state index contributed by atoms with van der Waals surface area (Å²) >= 11 is 0. The third-order valence-corrected chi connectivity index (χ3v) is 6.52. The van der Waals surface area contributed by atoms with Gasteiger partial charge in [-0.25, -0.2) is 19.9 Å². The number of hydrogen-bond donors (Lipinski definition) is 2. The van der Waals surface area contributed by atoms with Crippen LogP contribution in [0.3, 0.4) is 0 Å². The van der Waals surface area contributed by atoms with E-state index in [9.17, 15) is 0 Å². The number of fused-ring (bicyclic) bond motifs is 7. The average molecular weight is 441 g/mol. The van der Waals surface area contributed by atoms with E-state index in [1.807, 2.05) is 26.2 Å². The molecule has 0 radical (unpaired) electrons. The lowest BCUT2D eigenvalue weighted by Crippen LogP contribution is -1.88. The number of rotatable bonds is 2. The van der Waals surface area contributed by atoms with E-state index in [0.717, 1.165) is 61.2 Å². The predicted octanol–water partition coefficient (Wildman–Crippen LogP) is 6.49. The van der Waals surface area contributed by atoms with Crippen molar-refractivity contribution in [1.82, 2.24) is 29.9 Å². The number of aromatic amines is 2. The molecular formula is C28H20N6. The maximum absolute atomic E-state index is 4.75. The van der Waals surface area contributed by atoms with Crippen LogP contribution in [0.25, 0.3) is 65.9 Å². The molecule has 6 nitrogen and oxygen atoms in total. The smallest absolute Gasteiger partial charge is 0.116 e. The Bertz CT molecular complexity index is 1890. The Kier molecular flexibility index (Phi) is 3.88. The lowest BCUT2D eigenvalue weighted by atomic mass is 9.96. The van der Waals surface area contributed by atoms with Crippen molar-refractivity contribution in [3.8, 4) is 22.4 Å². The van der Waals surface area contributed by atoms with Crippen LogP contribution < -0.4 is 0 Å². The molecule has 3 heterocycles. The van der Waals surface area contributed by atoms with Gasteiger partial charge in [-0.3, -0.25) is 0 Å². The molecule has 6 heteroatoms. The summed E-state index contributed by atoms with van der Waals surface area (Å²) in [5.74, 6) is 1.80. The predicted molar refractivity (Wildman–Crippen MR) is 137 cm³/mol. The molecule has 162 valence electrons. The van der Waals surface area contributed by atoms with E-state index in [4.69, 9.17) is 4.98 Å². The largest absolute Gasteiger partial charge is 0.342 e. The van der Waals surface area contributed by atoms with Crippen LogP contribution in [0.5, 0.6) is 0 Å². The highest BCUT2D eigenvalue weighted by molar-refractivity contribution is 6.22. The van der Waals surface area contributed by atoms with E-state index in [0.29, 0.717) is 0 Å². The molecule has 0 saturated carbocycles. The molecule has 0 bridgehead atoms. The first-order valence-electron chi connectivity index (χ1n) is 11.2. The van der Waals surface area contributed by atoms with Crippen molar-refractivity contribution in [3.05, 3.63) is 85.0 Å². The molecule has 3 aromatic heterocycles. The summed E-state index contributed by atoms with van der Waals surface area (Å²) in [5, 5.41) is 5.63. The maximum atomic E-state index is 4.75. The Morgan fingerprint density at radius 2 is 1.38 bits per heavy atom. The van der Waals surface area contributed by atoms with E-state index in [1.54, 1.807) is 6.33 Å². The van der Waals surface area contributed by atoms with Crippen LogP contribution >= 0.6 is 0 Å². The zero-order valence-electron chi connectivity index (χ0n) is 18.7. The van der Waals surface area contributed by atoms with E-state index in [2.05, 4.69) is 79.5 Å². The highest BCUT2D eigenvalue weighted by Crippen LogP contribution is 2.36. The Morgan fingerprint density at radius 3 is 2.21 bits per heavy atom. The van der Waals surface area contributed by atoms with Gasteiger partial charge in [0.1, 0.15) is 18.0 Å². The second-order valence-electron chi connectivity index (χ2n) is 8.75. The third kappa shape index (κ3) is 2.82. The Hall–Kier alpha value is -4.58. The summed E-state index contributed by atoms with van der Waals surface area (Å²) in [6.07, 6.45) is 5.37. The Morgan fingerprint density at radius 1 is 0.618 bits per heavy atom. The van der Waals surface area contributed by atoms with Crippen molar-refractivity contribution in [2.75, 3.05) is 0 Å². The lowest BCUT2D eigenvalue weighted by molar-refractivity contribution is 1.15. The van der Waals surface area contributed by atoms with Crippen LogP contribution in [0.1, 0.15) is 11.6 Å². The molecule has 4 aromatic carbocycles. The number of nitrogens with one attached hydrogen (secondary N) is 2. The van der Waals surface area contributed by atoms with Gasteiger partial charge in [0.25, 0.3) is 0 Å². The minimum absolute atomic E-state index is 0.880. The first-order valence-corrected chi connectivity index (χ1v) is 11.2. The molecule has 0 spiro atoms. The standard InChI is InChI=1S/C28H20N6/c1-15-30-13-25(32-15)21-6-5-17-9-18(3-4-19(17)10-21)20-7-8-22-23(11-20)24-12-29-14-31-26(24)28-27(22)33-16(2)34-28/h3-14H,1-2H3,(H,30,32)(H,33,34). The molecule has 0 aliphatic rings. The van der Waals surface area contributed by atoms with Crippen molar-refractivity contribution in [2.24, 2.45) is 0 Å². The molecule has 0 unspecified atom stereocenters. The van der Waals surface area contributed by atoms with Crippen molar-refractivity contribution >= 4 is 43.5 Å². The van der Waals surface area contributed by atoms with Gasteiger partial charge in [0.05, 0.1) is 28.4 Å². The van der Waals surface area contributed by atoms with Crippen molar-refractivity contribution in [2.45, 2.75) is 13.8 Å². The van der Waals surface area contributed by atoms with Gasteiger partial charge in [-0.2, -0.15) is 0 Å². The fourth-order valence-corrected chi connectivity index (χ4v) is 4.90. The normalized spacial score (nSPS) is 11.8. The number of hydrogen-bond acceptors (Lipinski definition) is 4. The van der Waals surface area contributed by atoms with Gasteiger partial charge in [0.15, 0.2) is 0 Å². The second kappa shape index (κ2) is 6.96. The summed E-state index contributed by atoms with van der Waals surface area (Å²) in [6.45, 7) is 3.94. The molecule has 7 rings (SSSR count). The summed E-state index contributed by atoms with van der Waals surface area (Å²) in [5.41, 5.74) is 7.30.